The average Bonchev–Trinajstić information content (AvgIpc) is 2.45. The molecule has 2 rings (SSSR count). The predicted molar refractivity (Wildman–Crippen MR) is 60.2 cm³/mol. The molecule has 0 aliphatic carbocycles. The number of rotatable bonds is 2. The molecule has 0 saturated heterocycles. The maximum absolute atomic E-state index is 4.37. The number of aromatic nitrogens is 3. The van der Waals surface area contributed by atoms with Crippen LogP contribution in [0.4, 0.5) is 11.5 Å². The summed E-state index contributed by atoms with van der Waals surface area (Å²) in [5.41, 5.74) is 2.97. The summed E-state index contributed by atoms with van der Waals surface area (Å²) in [7, 11) is 1.90. The zero-order chi connectivity index (χ0) is 10.8. The Morgan fingerprint density at radius 2 is 2.07 bits per heavy atom. The predicted octanol–water partition coefficient (Wildman–Crippen LogP) is 2.18. The van der Waals surface area contributed by atoms with Crippen LogP contribution in [0.3, 0.4) is 0 Å². The molecule has 4 heteroatoms. The van der Waals surface area contributed by atoms with Crippen molar-refractivity contribution in [2.24, 2.45) is 7.05 Å². The van der Waals surface area contributed by atoms with E-state index in [9.17, 15) is 0 Å². The van der Waals surface area contributed by atoms with E-state index in [2.05, 4.69) is 15.4 Å². The summed E-state index contributed by atoms with van der Waals surface area (Å²) in [4.78, 5) is 4.37. The highest BCUT2D eigenvalue weighted by Gasteiger charge is 2.03. The van der Waals surface area contributed by atoms with E-state index in [1.165, 1.54) is 0 Å². The summed E-state index contributed by atoms with van der Waals surface area (Å²) in [5, 5.41) is 7.50. The summed E-state index contributed by atoms with van der Waals surface area (Å²) in [6.45, 7) is 3.94. The fourth-order valence-corrected chi connectivity index (χ4v) is 1.47. The van der Waals surface area contributed by atoms with E-state index in [1.807, 2.05) is 45.3 Å². The van der Waals surface area contributed by atoms with Gasteiger partial charge in [-0.2, -0.15) is 5.10 Å². The molecule has 78 valence electrons. The van der Waals surface area contributed by atoms with Crippen LogP contribution >= 0.6 is 0 Å². The minimum absolute atomic E-state index is 0.853. The number of pyridine rings is 1. The number of anilines is 2. The highest BCUT2D eigenvalue weighted by atomic mass is 15.3. The van der Waals surface area contributed by atoms with Gasteiger partial charge in [0.2, 0.25) is 0 Å². The first-order valence-electron chi connectivity index (χ1n) is 4.86. The maximum Gasteiger partial charge on any atom is 0.130 e. The third kappa shape index (κ3) is 2.15. The lowest BCUT2D eigenvalue weighted by atomic mass is 10.3. The van der Waals surface area contributed by atoms with Gasteiger partial charge in [-0.25, -0.2) is 4.98 Å². The van der Waals surface area contributed by atoms with Crippen LogP contribution in [0.15, 0.2) is 24.4 Å². The van der Waals surface area contributed by atoms with Crippen LogP contribution in [0.1, 0.15) is 11.4 Å². The van der Waals surface area contributed by atoms with Crippen LogP contribution in [0.25, 0.3) is 0 Å². The lowest BCUT2D eigenvalue weighted by Gasteiger charge is -2.03. The topological polar surface area (TPSA) is 42.7 Å². The molecule has 15 heavy (non-hydrogen) atoms. The quantitative estimate of drug-likeness (QED) is 0.811. The second-order valence-electron chi connectivity index (χ2n) is 3.59. The molecule has 0 radical (unpaired) electrons. The van der Waals surface area contributed by atoms with Gasteiger partial charge >= 0.3 is 0 Å². The van der Waals surface area contributed by atoms with E-state index < -0.39 is 0 Å². The third-order valence-electron chi connectivity index (χ3n) is 2.16. The van der Waals surface area contributed by atoms with Gasteiger partial charge in [0.05, 0.1) is 11.4 Å². The van der Waals surface area contributed by atoms with E-state index in [-0.39, 0.29) is 0 Å². The largest absolute Gasteiger partial charge is 0.337 e. The van der Waals surface area contributed by atoms with Gasteiger partial charge in [0, 0.05) is 18.9 Å². The second-order valence-corrected chi connectivity index (χ2v) is 3.59. The molecule has 0 atom stereocenters. The minimum Gasteiger partial charge on any atom is -0.337 e. The monoisotopic (exact) mass is 202 g/mol. The van der Waals surface area contributed by atoms with Gasteiger partial charge in [0.15, 0.2) is 0 Å². The van der Waals surface area contributed by atoms with Crippen molar-refractivity contribution in [3.8, 4) is 0 Å². The summed E-state index contributed by atoms with van der Waals surface area (Å²) in [6, 6.07) is 5.90. The molecule has 0 fully saturated rings. The van der Waals surface area contributed by atoms with Crippen LogP contribution in [-0.4, -0.2) is 14.8 Å². The lowest BCUT2D eigenvalue weighted by Crippen LogP contribution is -1.94. The van der Waals surface area contributed by atoms with Crippen molar-refractivity contribution in [2.75, 3.05) is 5.32 Å². The summed E-state index contributed by atoms with van der Waals surface area (Å²) in [5.74, 6) is 0.853. The summed E-state index contributed by atoms with van der Waals surface area (Å²) >= 11 is 0. The SMILES string of the molecule is Cc1cccc(Nc2cn(C)nc2C)n1. The second kappa shape index (κ2) is 3.73. The molecule has 2 aromatic rings. The van der Waals surface area contributed by atoms with Gasteiger partial charge in [-0.05, 0) is 26.0 Å². The first-order chi connectivity index (χ1) is 7.15. The normalized spacial score (nSPS) is 10.3. The zero-order valence-electron chi connectivity index (χ0n) is 9.15. The molecule has 0 bridgehead atoms. The van der Waals surface area contributed by atoms with Crippen LogP contribution in [0.2, 0.25) is 0 Å². The first kappa shape index (κ1) is 9.71. The van der Waals surface area contributed by atoms with Gasteiger partial charge in [-0.3, -0.25) is 4.68 Å². The van der Waals surface area contributed by atoms with E-state index in [0.29, 0.717) is 0 Å². The molecule has 2 aromatic heterocycles. The van der Waals surface area contributed by atoms with E-state index in [1.54, 1.807) is 4.68 Å². The zero-order valence-corrected chi connectivity index (χ0v) is 9.15. The van der Waals surface area contributed by atoms with Crippen molar-refractivity contribution in [1.29, 1.82) is 0 Å². The van der Waals surface area contributed by atoms with Crippen LogP contribution in [-0.2, 0) is 7.05 Å². The van der Waals surface area contributed by atoms with Crippen LogP contribution < -0.4 is 5.32 Å². The molecular weight excluding hydrogens is 188 g/mol. The van der Waals surface area contributed by atoms with Crippen molar-refractivity contribution in [1.82, 2.24) is 14.8 Å². The maximum atomic E-state index is 4.37. The Morgan fingerprint density at radius 1 is 1.27 bits per heavy atom. The molecular formula is C11H14N4. The van der Waals surface area contributed by atoms with Crippen LogP contribution in [0, 0.1) is 13.8 Å². The molecule has 0 aliphatic heterocycles. The number of aryl methyl sites for hydroxylation is 3. The van der Waals surface area contributed by atoms with Gasteiger partial charge in [0.1, 0.15) is 5.82 Å². The number of nitrogens with zero attached hydrogens (tertiary/aromatic N) is 3. The van der Waals surface area contributed by atoms with Gasteiger partial charge < -0.3 is 5.32 Å². The Balaban J connectivity index is 2.25. The van der Waals surface area contributed by atoms with E-state index >= 15 is 0 Å². The highest BCUT2D eigenvalue weighted by molar-refractivity contribution is 5.57. The van der Waals surface area contributed by atoms with Crippen molar-refractivity contribution in [2.45, 2.75) is 13.8 Å². The standard InChI is InChI=1S/C11H14N4/c1-8-5-4-6-11(12-8)13-10-7-15(3)14-9(10)2/h4-7H,1-3H3,(H,12,13). The van der Waals surface area contributed by atoms with Gasteiger partial charge in [-0.1, -0.05) is 6.07 Å². The molecule has 0 spiro atoms. The molecule has 0 aromatic carbocycles. The molecule has 0 unspecified atom stereocenters. The molecule has 2 heterocycles. The lowest BCUT2D eigenvalue weighted by molar-refractivity contribution is 0.756. The van der Waals surface area contributed by atoms with E-state index in [0.717, 1.165) is 22.9 Å². The molecule has 0 aliphatic rings. The van der Waals surface area contributed by atoms with Crippen molar-refractivity contribution >= 4 is 11.5 Å². The fraction of sp³-hybridized carbons (Fsp3) is 0.273. The summed E-state index contributed by atoms with van der Waals surface area (Å²) in [6.07, 6.45) is 1.94. The van der Waals surface area contributed by atoms with Gasteiger partial charge in [-0.15, -0.1) is 0 Å². The Labute approximate surface area is 89.0 Å². The van der Waals surface area contributed by atoms with Crippen LogP contribution in [0.5, 0.6) is 0 Å². The molecule has 0 amide bonds. The van der Waals surface area contributed by atoms with Crippen molar-refractivity contribution in [3.05, 3.63) is 35.8 Å². The molecule has 1 N–H and O–H groups in total. The summed E-state index contributed by atoms with van der Waals surface area (Å²) < 4.78 is 1.79. The highest BCUT2D eigenvalue weighted by Crippen LogP contribution is 2.17. The third-order valence-corrected chi connectivity index (χ3v) is 2.16. The number of hydrogen-bond donors (Lipinski definition) is 1. The Bertz CT molecular complexity index is 473. The molecule has 4 nitrogen and oxygen atoms in total. The smallest absolute Gasteiger partial charge is 0.130 e. The van der Waals surface area contributed by atoms with Crippen molar-refractivity contribution < 1.29 is 0 Å². The first-order valence-corrected chi connectivity index (χ1v) is 4.86. The fourth-order valence-electron chi connectivity index (χ4n) is 1.47. The van der Waals surface area contributed by atoms with Gasteiger partial charge in [0.25, 0.3) is 0 Å². The number of hydrogen-bond acceptors (Lipinski definition) is 3. The number of nitrogens with one attached hydrogen (secondary N) is 1. The van der Waals surface area contributed by atoms with E-state index in [4.69, 9.17) is 0 Å². The average molecular weight is 202 g/mol. The Morgan fingerprint density at radius 3 is 2.67 bits per heavy atom. The Hall–Kier alpha value is -1.84. The molecule has 0 saturated carbocycles. The Kier molecular flexibility index (Phi) is 2.41. The minimum atomic E-state index is 0.853. The van der Waals surface area contributed by atoms with Crippen molar-refractivity contribution in [3.63, 3.8) is 0 Å².